The number of anilines is 1. The average Bonchev–Trinajstić information content (AvgIpc) is 2.34. The molecular weight excluding hydrogens is 272 g/mol. The second kappa shape index (κ2) is 5.07. The standard InChI is InChI=1S/C11H9ClN4O3/c1-6-3-2-4-7(9(6)16(17)18)19-11-8(13)10(12)14-5-15-11/h2-5H,13H2,1H3. The van der Waals surface area contributed by atoms with Gasteiger partial charge in [-0.1, -0.05) is 23.7 Å². The molecule has 98 valence electrons. The first-order valence-electron chi connectivity index (χ1n) is 5.18. The number of ether oxygens (including phenoxy) is 1. The zero-order valence-electron chi connectivity index (χ0n) is 9.83. The second-order valence-corrected chi connectivity index (χ2v) is 4.02. The highest BCUT2D eigenvalue weighted by Gasteiger charge is 2.20. The third kappa shape index (κ3) is 2.55. The number of hydrogen-bond acceptors (Lipinski definition) is 6. The number of nitro groups is 1. The van der Waals surface area contributed by atoms with Crippen molar-refractivity contribution in [3.63, 3.8) is 0 Å². The monoisotopic (exact) mass is 280 g/mol. The summed E-state index contributed by atoms with van der Waals surface area (Å²) in [4.78, 5) is 18.0. The van der Waals surface area contributed by atoms with Crippen molar-refractivity contribution < 1.29 is 9.66 Å². The van der Waals surface area contributed by atoms with Crippen molar-refractivity contribution in [3.8, 4) is 11.6 Å². The third-order valence-electron chi connectivity index (χ3n) is 2.39. The van der Waals surface area contributed by atoms with E-state index in [1.54, 1.807) is 19.1 Å². The Hall–Kier alpha value is -2.41. The largest absolute Gasteiger partial charge is 0.430 e. The number of benzene rings is 1. The van der Waals surface area contributed by atoms with Gasteiger partial charge in [0.05, 0.1) is 4.92 Å². The molecule has 0 aliphatic carbocycles. The first kappa shape index (κ1) is 13.0. The number of hydrogen-bond donors (Lipinski definition) is 1. The molecule has 0 saturated carbocycles. The summed E-state index contributed by atoms with van der Waals surface area (Å²) in [6.07, 6.45) is 1.16. The molecule has 0 saturated heterocycles. The van der Waals surface area contributed by atoms with Gasteiger partial charge in [-0.2, -0.15) is 4.98 Å². The number of nitrogen functional groups attached to an aromatic ring is 1. The lowest BCUT2D eigenvalue weighted by atomic mass is 10.2. The van der Waals surface area contributed by atoms with Gasteiger partial charge in [-0.3, -0.25) is 10.1 Å². The van der Waals surface area contributed by atoms with Crippen LogP contribution in [0.15, 0.2) is 24.5 Å². The SMILES string of the molecule is Cc1cccc(Oc2ncnc(Cl)c2N)c1[N+](=O)[O-]. The molecule has 0 atom stereocenters. The highest BCUT2D eigenvalue weighted by atomic mass is 35.5. The van der Waals surface area contributed by atoms with E-state index in [1.165, 1.54) is 6.07 Å². The Bertz CT molecular complexity index is 648. The van der Waals surface area contributed by atoms with Gasteiger partial charge in [0.2, 0.25) is 11.6 Å². The van der Waals surface area contributed by atoms with Crippen LogP contribution in [0.4, 0.5) is 11.4 Å². The summed E-state index contributed by atoms with van der Waals surface area (Å²) in [5.74, 6) is 0.0279. The fourth-order valence-electron chi connectivity index (χ4n) is 1.49. The maximum atomic E-state index is 11.0. The molecule has 2 aromatic rings. The zero-order chi connectivity index (χ0) is 14.0. The molecule has 1 aromatic carbocycles. The van der Waals surface area contributed by atoms with E-state index in [0.29, 0.717) is 5.56 Å². The number of aromatic nitrogens is 2. The van der Waals surface area contributed by atoms with Crippen LogP contribution in [0.1, 0.15) is 5.56 Å². The molecule has 8 heteroatoms. The molecule has 0 fully saturated rings. The molecule has 19 heavy (non-hydrogen) atoms. The highest BCUT2D eigenvalue weighted by molar-refractivity contribution is 6.32. The van der Waals surface area contributed by atoms with Crippen LogP contribution in [0.25, 0.3) is 0 Å². The molecule has 0 unspecified atom stereocenters. The van der Waals surface area contributed by atoms with E-state index in [1.807, 2.05) is 0 Å². The first-order chi connectivity index (χ1) is 9.00. The van der Waals surface area contributed by atoms with Gasteiger partial charge >= 0.3 is 5.69 Å². The Labute approximate surface area is 113 Å². The maximum Gasteiger partial charge on any atom is 0.314 e. The smallest absolute Gasteiger partial charge is 0.314 e. The van der Waals surface area contributed by atoms with Crippen LogP contribution in [0.5, 0.6) is 11.6 Å². The van der Waals surface area contributed by atoms with Gasteiger partial charge in [0.25, 0.3) is 0 Å². The highest BCUT2D eigenvalue weighted by Crippen LogP contribution is 2.36. The predicted molar refractivity (Wildman–Crippen MR) is 69.4 cm³/mol. The summed E-state index contributed by atoms with van der Waals surface area (Å²) >= 11 is 5.72. The van der Waals surface area contributed by atoms with Crippen molar-refractivity contribution in [1.29, 1.82) is 0 Å². The van der Waals surface area contributed by atoms with Crippen molar-refractivity contribution in [2.45, 2.75) is 6.92 Å². The number of rotatable bonds is 3. The van der Waals surface area contributed by atoms with Gasteiger partial charge in [-0.15, -0.1) is 0 Å². The minimum absolute atomic E-state index is 0.0197. The van der Waals surface area contributed by atoms with Crippen LogP contribution in [0, 0.1) is 17.0 Å². The average molecular weight is 281 g/mol. The summed E-state index contributed by atoms with van der Waals surface area (Å²) in [5.41, 5.74) is 6.00. The molecule has 0 aliphatic rings. The van der Waals surface area contributed by atoms with E-state index >= 15 is 0 Å². The molecule has 2 rings (SSSR count). The molecule has 7 nitrogen and oxygen atoms in total. The summed E-state index contributed by atoms with van der Waals surface area (Å²) in [5, 5.41) is 11.0. The minimum Gasteiger partial charge on any atom is -0.430 e. The summed E-state index contributed by atoms with van der Waals surface area (Å²) in [7, 11) is 0. The molecule has 0 spiro atoms. The van der Waals surface area contributed by atoms with Gasteiger partial charge in [-0.05, 0) is 13.0 Å². The van der Waals surface area contributed by atoms with Crippen LogP contribution in [0.2, 0.25) is 5.15 Å². The Morgan fingerprint density at radius 3 is 2.84 bits per heavy atom. The third-order valence-corrected chi connectivity index (χ3v) is 2.69. The Kier molecular flexibility index (Phi) is 3.48. The van der Waals surface area contributed by atoms with E-state index in [9.17, 15) is 10.1 Å². The van der Waals surface area contributed by atoms with E-state index in [-0.39, 0.29) is 28.2 Å². The van der Waals surface area contributed by atoms with Gasteiger partial charge in [0.15, 0.2) is 5.15 Å². The molecule has 1 heterocycles. The molecule has 1 aromatic heterocycles. The predicted octanol–water partition coefficient (Wildman–Crippen LogP) is 2.72. The summed E-state index contributed by atoms with van der Waals surface area (Å²) in [6.45, 7) is 1.61. The lowest BCUT2D eigenvalue weighted by molar-refractivity contribution is -0.386. The molecule has 0 amide bonds. The van der Waals surface area contributed by atoms with Crippen molar-refractivity contribution in [3.05, 3.63) is 45.4 Å². The first-order valence-corrected chi connectivity index (χ1v) is 5.56. The quantitative estimate of drug-likeness (QED) is 0.526. The second-order valence-electron chi connectivity index (χ2n) is 3.66. The Morgan fingerprint density at radius 1 is 1.42 bits per heavy atom. The van der Waals surface area contributed by atoms with Crippen LogP contribution in [0.3, 0.4) is 0 Å². The fourth-order valence-corrected chi connectivity index (χ4v) is 1.62. The summed E-state index contributed by atoms with van der Waals surface area (Å²) < 4.78 is 5.36. The van der Waals surface area contributed by atoms with E-state index < -0.39 is 4.92 Å². The van der Waals surface area contributed by atoms with Crippen LogP contribution in [-0.2, 0) is 0 Å². The number of nitro benzene ring substituents is 1. The minimum atomic E-state index is -0.524. The Balaban J connectivity index is 2.47. The number of nitrogens with two attached hydrogens (primary N) is 1. The van der Waals surface area contributed by atoms with Crippen molar-refractivity contribution >= 4 is 23.0 Å². The number of nitrogens with zero attached hydrogens (tertiary/aromatic N) is 3. The van der Waals surface area contributed by atoms with Crippen LogP contribution < -0.4 is 10.5 Å². The molecule has 2 N–H and O–H groups in total. The number of halogens is 1. The van der Waals surface area contributed by atoms with Gasteiger partial charge in [0, 0.05) is 5.56 Å². The van der Waals surface area contributed by atoms with Crippen molar-refractivity contribution in [2.75, 3.05) is 5.73 Å². The van der Waals surface area contributed by atoms with E-state index in [2.05, 4.69) is 9.97 Å². The van der Waals surface area contributed by atoms with Crippen molar-refractivity contribution in [1.82, 2.24) is 9.97 Å². The normalized spacial score (nSPS) is 10.2. The zero-order valence-corrected chi connectivity index (χ0v) is 10.6. The van der Waals surface area contributed by atoms with Crippen LogP contribution in [-0.4, -0.2) is 14.9 Å². The number of para-hydroxylation sites is 1. The topological polar surface area (TPSA) is 104 Å². The van der Waals surface area contributed by atoms with Gasteiger partial charge < -0.3 is 10.5 Å². The summed E-state index contributed by atoms with van der Waals surface area (Å²) in [6, 6.07) is 4.71. The lowest BCUT2D eigenvalue weighted by Crippen LogP contribution is -2.00. The maximum absolute atomic E-state index is 11.0. The van der Waals surface area contributed by atoms with E-state index in [4.69, 9.17) is 22.1 Å². The number of aryl methyl sites for hydroxylation is 1. The van der Waals surface area contributed by atoms with Crippen LogP contribution >= 0.6 is 11.6 Å². The molecular formula is C11H9ClN4O3. The lowest BCUT2D eigenvalue weighted by Gasteiger charge is -2.08. The molecule has 0 bridgehead atoms. The van der Waals surface area contributed by atoms with E-state index in [0.717, 1.165) is 6.33 Å². The van der Waals surface area contributed by atoms with Gasteiger partial charge in [0.1, 0.15) is 12.0 Å². The van der Waals surface area contributed by atoms with Gasteiger partial charge in [-0.25, -0.2) is 4.98 Å². The molecule has 0 aliphatic heterocycles. The van der Waals surface area contributed by atoms with Crippen molar-refractivity contribution in [2.24, 2.45) is 0 Å². The molecule has 0 radical (unpaired) electrons. The fraction of sp³-hybridized carbons (Fsp3) is 0.0909. The Morgan fingerprint density at radius 2 is 2.16 bits per heavy atom.